The lowest BCUT2D eigenvalue weighted by Gasteiger charge is -2.36. The smallest absolute Gasteiger partial charge is 0.255 e. The van der Waals surface area contributed by atoms with Gasteiger partial charge in [-0.2, -0.15) is 0 Å². The number of carbonyl (C=O) groups excluding carboxylic acids is 2. The van der Waals surface area contributed by atoms with Gasteiger partial charge in [-0.25, -0.2) is 0 Å². The molecule has 1 N–H and O–H groups in total. The molecule has 0 aromatic heterocycles. The Bertz CT molecular complexity index is 1050. The third-order valence-electron chi connectivity index (χ3n) is 7.59. The van der Waals surface area contributed by atoms with Crippen molar-refractivity contribution in [1.82, 2.24) is 10.2 Å². The van der Waals surface area contributed by atoms with Crippen LogP contribution < -0.4 is 14.8 Å². The lowest BCUT2D eigenvalue weighted by molar-refractivity contribution is -0.127. The van der Waals surface area contributed by atoms with Crippen molar-refractivity contribution in [1.29, 1.82) is 0 Å². The SMILES string of the molecule is CCOc1ccc(CCN2C(=O)c3ccccc3[C@@H]2C(=O)N[C@@H]2CCC[C@H](C)[C@H]2C)cc1OCC. The number of carbonyl (C=O) groups is 2. The van der Waals surface area contributed by atoms with E-state index in [2.05, 4.69) is 19.2 Å². The molecule has 2 aromatic rings. The molecule has 2 amide bonds. The molecule has 2 aliphatic rings. The number of nitrogens with one attached hydrogen (secondary N) is 1. The van der Waals surface area contributed by atoms with Gasteiger partial charge in [0.1, 0.15) is 6.04 Å². The first-order valence-electron chi connectivity index (χ1n) is 13.0. The van der Waals surface area contributed by atoms with Crippen LogP contribution in [0.15, 0.2) is 42.5 Å². The Labute approximate surface area is 209 Å². The Balaban J connectivity index is 1.53. The van der Waals surface area contributed by atoms with Crippen LogP contribution in [0.25, 0.3) is 0 Å². The molecule has 1 aliphatic carbocycles. The van der Waals surface area contributed by atoms with Gasteiger partial charge in [-0.3, -0.25) is 9.59 Å². The van der Waals surface area contributed by atoms with Crippen molar-refractivity contribution in [3.05, 3.63) is 59.2 Å². The lowest BCUT2D eigenvalue weighted by atomic mass is 9.78. The van der Waals surface area contributed by atoms with E-state index in [-0.39, 0.29) is 17.9 Å². The standard InChI is InChI=1S/C29H38N2O4/c1-5-34-25-15-14-21(18-26(25)35-6-2)16-17-31-27(22-11-7-8-12-23(22)29(31)33)28(32)30-24-13-9-10-19(3)20(24)4/h7-8,11-12,14-15,18-20,24,27H,5-6,9-10,13,16-17H2,1-4H3,(H,30,32)/t19-,20+,24+,27+/m0/s1. The predicted molar refractivity (Wildman–Crippen MR) is 137 cm³/mol. The molecule has 1 heterocycles. The summed E-state index contributed by atoms with van der Waals surface area (Å²) in [5.41, 5.74) is 2.46. The highest BCUT2D eigenvalue weighted by atomic mass is 16.5. The van der Waals surface area contributed by atoms with Crippen LogP contribution in [0.4, 0.5) is 0 Å². The second kappa shape index (κ2) is 11.1. The summed E-state index contributed by atoms with van der Waals surface area (Å²) < 4.78 is 11.4. The third-order valence-corrected chi connectivity index (χ3v) is 7.59. The molecule has 0 saturated heterocycles. The van der Waals surface area contributed by atoms with Gasteiger partial charge in [0, 0.05) is 18.2 Å². The number of benzene rings is 2. The number of amides is 2. The van der Waals surface area contributed by atoms with Gasteiger partial charge in [-0.15, -0.1) is 0 Å². The van der Waals surface area contributed by atoms with Crippen molar-refractivity contribution in [3.8, 4) is 11.5 Å². The predicted octanol–water partition coefficient (Wildman–Crippen LogP) is 5.16. The maximum absolute atomic E-state index is 13.6. The molecule has 2 aromatic carbocycles. The Hall–Kier alpha value is -3.02. The highest BCUT2D eigenvalue weighted by molar-refractivity contribution is 6.04. The fraction of sp³-hybridized carbons (Fsp3) is 0.517. The van der Waals surface area contributed by atoms with Crippen molar-refractivity contribution >= 4 is 11.8 Å². The van der Waals surface area contributed by atoms with Crippen LogP contribution in [0.3, 0.4) is 0 Å². The zero-order chi connectivity index (χ0) is 24.9. The zero-order valence-electron chi connectivity index (χ0n) is 21.4. The van der Waals surface area contributed by atoms with Crippen LogP contribution in [-0.2, 0) is 11.2 Å². The Morgan fingerprint density at radius 3 is 2.54 bits per heavy atom. The largest absolute Gasteiger partial charge is 0.490 e. The third kappa shape index (κ3) is 5.31. The number of hydrogen-bond acceptors (Lipinski definition) is 4. The molecule has 35 heavy (non-hydrogen) atoms. The maximum Gasteiger partial charge on any atom is 0.255 e. The molecule has 0 radical (unpaired) electrons. The van der Waals surface area contributed by atoms with E-state index >= 15 is 0 Å². The van der Waals surface area contributed by atoms with Crippen molar-refractivity contribution in [3.63, 3.8) is 0 Å². The highest BCUT2D eigenvalue weighted by Gasteiger charge is 2.42. The molecular formula is C29H38N2O4. The lowest BCUT2D eigenvalue weighted by Crippen LogP contribution is -2.48. The molecule has 0 spiro atoms. The molecular weight excluding hydrogens is 440 g/mol. The molecule has 0 unspecified atom stereocenters. The summed E-state index contributed by atoms with van der Waals surface area (Å²) in [7, 11) is 0. The van der Waals surface area contributed by atoms with Crippen molar-refractivity contribution in [2.45, 2.75) is 65.5 Å². The summed E-state index contributed by atoms with van der Waals surface area (Å²) in [6, 6.07) is 12.9. The molecule has 1 aliphatic heterocycles. The summed E-state index contributed by atoms with van der Waals surface area (Å²) in [5.74, 6) is 2.28. The van der Waals surface area contributed by atoms with E-state index in [1.165, 1.54) is 6.42 Å². The fourth-order valence-electron chi connectivity index (χ4n) is 5.43. The van der Waals surface area contributed by atoms with Crippen LogP contribution in [0, 0.1) is 11.8 Å². The van der Waals surface area contributed by atoms with Crippen molar-refractivity contribution in [2.75, 3.05) is 19.8 Å². The highest BCUT2D eigenvalue weighted by Crippen LogP contribution is 2.36. The van der Waals surface area contributed by atoms with E-state index in [1.54, 1.807) is 4.90 Å². The summed E-state index contributed by atoms with van der Waals surface area (Å²) in [6.07, 6.45) is 3.94. The number of ether oxygens (including phenoxy) is 2. The van der Waals surface area contributed by atoms with E-state index in [4.69, 9.17) is 9.47 Å². The van der Waals surface area contributed by atoms with Gasteiger partial charge >= 0.3 is 0 Å². The second-order valence-electron chi connectivity index (χ2n) is 9.77. The number of rotatable bonds is 9. The maximum atomic E-state index is 13.6. The monoisotopic (exact) mass is 478 g/mol. The van der Waals surface area contributed by atoms with E-state index in [9.17, 15) is 9.59 Å². The minimum absolute atomic E-state index is 0.0732. The summed E-state index contributed by atoms with van der Waals surface area (Å²) in [6.45, 7) is 9.93. The Morgan fingerprint density at radius 1 is 1.03 bits per heavy atom. The molecule has 1 fully saturated rings. The average Bonchev–Trinajstić information content (AvgIpc) is 3.14. The molecule has 188 valence electrons. The van der Waals surface area contributed by atoms with Gasteiger partial charge in [-0.1, -0.05) is 51.0 Å². The molecule has 6 nitrogen and oxygen atoms in total. The van der Waals surface area contributed by atoms with Crippen molar-refractivity contribution < 1.29 is 19.1 Å². The van der Waals surface area contributed by atoms with Gasteiger partial charge < -0.3 is 19.7 Å². The van der Waals surface area contributed by atoms with Gasteiger partial charge in [0.15, 0.2) is 11.5 Å². The van der Waals surface area contributed by atoms with Crippen LogP contribution in [0.2, 0.25) is 0 Å². The number of fused-ring (bicyclic) bond motifs is 1. The second-order valence-corrected chi connectivity index (χ2v) is 9.77. The molecule has 4 rings (SSSR count). The summed E-state index contributed by atoms with van der Waals surface area (Å²) in [4.78, 5) is 28.7. The number of nitrogens with zero attached hydrogens (tertiary/aromatic N) is 1. The van der Waals surface area contributed by atoms with Gasteiger partial charge in [0.2, 0.25) is 5.91 Å². The van der Waals surface area contributed by atoms with Crippen LogP contribution in [0.5, 0.6) is 11.5 Å². The summed E-state index contributed by atoms with van der Waals surface area (Å²) >= 11 is 0. The van der Waals surface area contributed by atoms with E-state index in [0.717, 1.165) is 29.7 Å². The first kappa shape index (κ1) is 25.1. The van der Waals surface area contributed by atoms with Crippen molar-refractivity contribution in [2.24, 2.45) is 11.8 Å². The topological polar surface area (TPSA) is 67.9 Å². The van der Waals surface area contributed by atoms with E-state index in [0.29, 0.717) is 49.3 Å². The zero-order valence-corrected chi connectivity index (χ0v) is 21.4. The van der Waals surface area contributed by atoms with Gasteiger partial charge in [0.05, 0.1) is 13.2 Å². The molecule has 0 bridgehead atoms. The minimum atomic E-state index is -0.600. The van der Waals surface area contributed by atoms with Crippen LogP contribution >= 0.6 is 0 Å². The minimum Gasteiger partial charge on any atom is -0.490 e. The van der Waals surface area contributed by atoms with Gasteiger partial charge in [-0.05, 0) is 67.9 Å². The molecule has 1 saturated carbocycles. The molecule has 6 heteroatoms. The Morgan fingerprint density at radius 2 is 1.77 bits per heavy atom. The normalized spacial score (nSPS) is 23.7. The van der Waals surface area contributed by atoms with Crippen LogP contribution in [-0.4, -0.2) is 42.5 Å². The first-order valence-corrected chi connectivity index (χ1v) is 13.0. The average molecular weight is 479 g/mol. The Kier molecular flexibility index (Phi) is 7.99. The van der Waals surface area contributed by atoms with E-state index < -0.39 is 6.04 Å². The quantitative estimate of drug-likeness (QED) is 0.540. The fourth-order valence-corrected chi connectivity index (χ4v) is 5.43. The van der Waals surface area contributed by atoms with Gasteiger partial charge in [0.25, 0.3) is 5.91 Å². The molecule has 4 atom stereocenters. The first-order chi connectivity index (χ1) is 16.9. The van der Waals surface area contributed by atoms with Crippen LogP contribution in [0.1, 0.15) is 74.5 Å². The summed E-state index contributed by atoms with van der Waals surface area (Å²) in [5, 5.41) is 3.31. The van der Waals surface area contributed by atoms with E-state index in [1.807, 2.05) is 56.3 Å². The number of hydrogen-bond donors (Lipinski definition) is 1.